The van der Waals surface area contributed by atoms with Gasteiger partial charge in [0, 0.05) is 31.5 Å². The molecule has 136 valence electrons. The monoisotopic (exact) mass is 354 g/mol. The number of ether oxygens (including phenoxy) is 1. The van der Waals surface area contributed by atoms with Gasteiger partial charge in [-0.15, -0.1) is 0 Å². The van der Waals surface area contributed by atoms with Crippen LogP contribution in [0.15, 0.2) is 42.6 Å². The van der Waals surface area contributed by atoms with Crippen molar-refractivity contribution in [2.24, 2.45) is 0 Å². The highest BCUT2D eigenvalue weighted by atomic mass is 16.5. The average molecular weight is 354 g/mol. The third kappa shape index (κ3) is 4.50. The summed E-state index contributed by atoms with van der Waals surface area (Å²) in [6.07, 6.45) is 1.50. The number of carbonyl (C=O) groups is 2. The van der Waals surface area contributed by atoms with Crippen LogP contribution in [0.1, 0.15) is 22.8 Å². The lowest BCUT2D eigenvalue weighted by atomic mass is 10.2. The standard InChI is InChI=1S/C19H22N4O3/c1-2-26-19(25)15-5-8-17(22-12-15)21-11-14-3-6-16(7-4-14)23-10-9-20-18(24)13-23/h3-8,12H,2,9-11,13H2,1H3,(H,20,24)(H,21,22). The molecule has 1 fully saturated rings. The topological polar surface area (TPSA) is 83.6 Å². The summed E-state index contributed by atoms with van der Waals surface area (Å²) in [5.74, 6) is 0.377. The van der Waals surface area contributed by atoms with Crippen molar-refractivity contribution in [2.75, 3.05) is 36.5 Å². The van der Waals surface area contributed by atoms with E-state index in [1.807, 2.05) is 24.3 Å². The number of rotatable bonds is 6. The number of nitrogens with zero attached hydrogens (tertiary/aromatic N) is 2. The van der Waals surface area contributed by atoms with E-state index in [0.717, 1.165) is 17.8 Å². The number of pyridine rings is 1. The second-order valence-electron chi connectivity index (χ2n) is 5.94. The Hall–Kier alpha value is -3.09. The molecule has 7 heteroatoms. The first-order valence-electron chi connectivity index (χ1n) is 8.63. The first-order chi connectivity index (χ1) is 12.7. The molecule has 1 aliphatic heterocycles. The van der Waals surface area contributed by atoms with Crippen LogP contribution in [0.4, 0.5) is 11.5 Å². The van der Waals surface area contributed by atoms with Crippen molar-refractivity contribution >= 4 is 23.4 Å². The zero-order valence-corrected chi connectivity index (χ0v) is 14.7. The Morgan fingerprint density at radius 3 is 2.73 bits per heavy atom. The molecule has 1 amide bonds. The minimum absolute atomic E-state index is 0.0549. The van der Waals surface area contributed by atoms with E-state index < -0.39 is 0 Å². The first-order valence-corrected chi connectivity index (χ1v) is 8.63. The Bertz CT molecular complexity index is 759. The molecule has 26 heavy (non-hydrogen) atoms. The number of hydrogen-bond donors (Lipinski definition) is 2. The van der Waals surface area contributed by atoms with Gasteiger partial charge in [-0.2, -0.15) is 0 Å². The van der Waals surface area contributed by atoms with E-state index in [-0.39, 0.29) is 11.9 Å². The molecule has 2 heterocycles. The van der Waals surface area contributed by atoms with E-state index in [4.69, 9.17) is 4.74 Å². The van der Waals surface area contributed by atoms with Crippen LogP contribution in [0.2, 0.25) is 0 Å². The second-order valence-corrected chi connectivity index (χ2v) is 5.94. The highest BCUT2D eigenvalue weighted by Crippen LogP contribution is 2.17. The molecule has 1 aromatic heterocycles. The summed E-state index contributed by atoms with van der Waals surface area (Å²) >= 11 is 0. The normalized spacial score (nSPS) is 13.9. The Labute approximate surface area is 152 Å². The predicted molar refractivity (Wildman–Crippen MR) is 99.2 cm³/mol. The number of anilines is 2. The molecule has 3 rings (SSSR count). The van der Waals surface area contributed by atoms with Gasteiger partial charge in [-0.1, -0.05) is 12.1 Å². The lowest BCUT2D eigenvalue weighted by Crippen LogP contribution is -2.47. The number of esters is 1. The van der Waals surface area contributed by atoms with Gasteiger partial charge in [0.15, 0.2) is 0 Å². The van der Waals surface area contributed by atoms with Crippen LogP contribution < -0.4 is 15.5 Å². The first kappa shape index (κ1) is 17.7. The maximum atomic E-state index is 11.6. The lowest BCUT2D eigenvalue weighted by molar-refractivity contribution is -0.120. The minimum Gasteiger partial charge on any atom is -0.462 e. The highest BCUT2D eigenvalue weighted by molar-refractivity contribution is 5.89. The van der Waals surface area contributed by atoms with Crippen LogP contribution in [0.5, 0.6) is 0 Å². The Balaban J connectivity index is 1.54. The molecular weight excluding hydrogens is 332 g/mol. The van der Waals surface area contributed by atoms with Crippen molar-refractivity contribution in [1.82, 2.24) is 10.3 Å². The van der Waals surface area contributed by atoms with Crippen LogP contribution in [-0.2, 0) is 16.1 Å². The summed E-state index contributed by atoms with van der Waals surface area (Å²) < 4.78 is 4.94. The molecule has 1 saturated heterocycles. The van der Waals surface area contributed by atoms with Gasteiger partial charge in [0.05, 0.1) is 18.7 Å². The number of aromatic nitrogens is 1. The average Bonchev–Trinajstić information content (AvgIpc) is 2.67. The number of hydrogen-bond acceptors (Lipinski definition) is 6. The molecule has 7 nitrogen and oxygen atoms in total. The Morgan fingerprint density at radius 1 is 1.27 bits per heavy atom. The summed E-state index contributed by atoms with van der Waals surface area (Å²) in [5.41, 5.74) is 2.58. The predicted octanol–water partition coefficient (Wildman–Crippen LogP) is 1.81. The van der Waals surface area contributed by atoms with E-state index in [9.17, 15) is 9.59 Å². The largest absolute Gasteiger partial charge is 0.462 e. The number of nitrogens with one attached hydrogen (secondary N) is 2. The van der Waals surface area contributed by atoms with Crippen LogP contribution in [-0.4, -0.2) is 43.1 Å². The van der Waals surface area contributed by atoms with Gasteiger partial charge in [-0.05, 0) is 36.8 Å². The second kappa shape index (κ2) is 8.33. The minimum atomic E-state index is -0.367. The van der Waals surface area contributed by atoms with Crippen LogP contribution in [0, 0.1) is 0 Å². The van der Waals surface area contributed by atoms with Gasteiger partial charge in [0.1, 0.15) is 5.82 Å². The summed E-state index contributed by atoms with van der Waals surface area (Å²) in [7, 11) is 0. The number of benzene rings is 1. The summed E-state index contributed by atoms with van der Waals surface area (Å²) in [6.45, 7) is 4.63. The van der Waals surface area contributed by atoms with Crippen molar-refractivity contribution in [1.29, 1.82) is 0 Å². The van der Waals surface area contributed by atoms with E-state index in [1.54, 1.807) is 19.1 Å². The molecule has 1 aromatic carbocycles. The lowest BCUT2D eigenvalue weighted by Gasteiger charge is -2.28. The smallest absolute Gasteiger partial charge is 0.339 e. The third-order valence-electron chi connectivity index (χ3n) is 4.09. The molecule has 0 bridgehead atoms. The number of amides is 1. The van der Waals surface area contributed by atoms with Crippen molar-refractivity contribution in [3.05, 3.63) is 53.7 Å². The van der Waals surface area contributed by atoms with Crippen LogP contribution in [0.25, 0.3) is 0 Å². The van der Waals surface area contributed by atoms with Gasteiger partial charge in [0.2, 0.25) is 5.91 Å². The fraction of sp³-hybridized carbons (Fsp3) is 0.316. The summed E-state index contributed by atoms with van der Waals surface area (Å²) in [5, 5.41) is 6.05. The SMILES string of the molecule is CCOC(=O)c1ccc(NCc2ccc(N3CCNC(=O)C3)cc2)nc1. The Morgan fingerprint density at radius 2 is 2.08 bits per heavy atom. The zero-order chi connectivity index (χ0) is 18.4. The third-order valence-corrected chi connectivity index (χ3v) is 4.09. The maximum Gasteiger partial charge on any atom is 0.339 e. The molecule has 0 unspecified atom stereocenters. The van der Waals surface area contributed by atoms with E-state index in [1.165, 1.54) is 6.20 Å². The molecule has 0 atom stereocenters. The van der Waals surface area contributed by atoms with E-state index in [0.29, 0.717) is 37.6 Å². The van der Waals surface area contributed by atoms with Crippen molar-refractivity contribution < 1.29 is 14.3 Å². The highest BCUT2D eigenvalue weighted by Gasteiger charge is 2.16. The quantitative estimate of drug-likeness (QED) is 0.770. The van der Waals surface area contributed by atoms with E-state index >= 15 is 0 Å². The molecule has 0 radical (unpaired) electrons. The molecule has 0 spiro atoms. The van der Waals surface area contributed by atoms with Crippen LogP contribution >= 0.6 is 0 Å². The van der Waals surface area contributed by atoms with Crippen LogP contribution in [0.3, 0.4) is 0 Å². The van der Waals surface area contributed by atoms with E-state index in [2.05, 4.69) is 20.5 Å². The van der Waals surface area contributed by atoms with Gasteiger partial charge in [0.25, 0.3) is 0 Å². The molecule has 0 saturated carbocycles. The van der Waals surface area contributed by atoms with Crippen molar-refractivity contribution in [3.8, 4) is 0 Å². The molecule has 0 aliphatic carbocycles. The number of piperazine rings is 1. The van der Waals surface area contributed by atoms with Gasteiger partial charge in [-0.25, -0.2) is 9.78 Å². The van der Waals surface area contributed by atoms with Gasteiger partial charge in [-0.3, -0.25) is 4.79 Å². The molecule has 2 N–H and O–H groups in total. The molecule has 2 aromatic rings. The molecule has 1 aliphatic rings. The van der Waals surface area contributed by atoms with Gasteiger partial charge < -0.3 is 20.3 Å². The Kier molecular flexibility index (Phi) is 5.68. The molecular formula is C19H22N4O3. The zero-order valence-electron chi connectivity index (χ0n) is 14.7. The van der Waals surface area contributed by atoms with Gasteiger partial charge >= 0.3 is 5.97 Å². The fourth-order valence-corrected chi connectivity index (χ4v) is 2.71. The maximum absolute atomic E-state index is 11.6. The fourth-order valence-electron chi connectivity index (χ4n) is 2.71. The summed E-state index contributed by atoms with van der Waals surface area (Å²) in [6, 6.07) is 11.5. The van der Waals surface area contributed by atoms with Crippen molar-refractivity contribution in [3.63, 3.8) is 0 Å². The van der Waals surface area contributed by atoms with Crippen molar-refractivity contribution in [2.45, 2.75) is 13.5 Å². The summed E-state index contributed by atoms with van der Waals surface area (Å²) in [4.78, 5) is 29.4. The number of carbonyl (C=O) groups excluding carboxylic acids is 2.